The Bertz CT molecular complexity index is 762. The average molecular weight is 372 g/mol. The van der Waals surface area contributed by atoms with Crippen molar-refractivity contribution in [2.75, 3.05) is 20.2 Å². The summed E-state index contributed by atoms with van der Waals surface area (Å²) in [6, 6.07) is 13.7. The van der Waals surface area contributed by atoms with E-state index in [-0.39, 0.29) is 24.1 Å². The lowest BCUT2D eigenvalue weighted by atomic mass is 10.1. The zero-order chi connectivity index (χ0) is 19.6. The number of ether oxygens (including phenoxy) is 1. The standard InChI is InChI=1S/C21H25FN2O3/c1-16(25)24(15-17-7-9-19(22)10-8-17)14-12-21(26)23-13-11-18-5-3-4-6-20(18)27-2/h3-10H,11-15H2,1-2H3,(H,23,26). The molecule has 0 atom stereocenters. The highest BCUT2D eigenvalue weighted by Gasteiger charge is 2.12. The van der Waals surface area contributed by atoms with E-state index in [0.717, 1.165) is 16.9 Å². The molecule has 0 radical (unpaired) electrons. The van der Waals surface area contributed by atoms with Gasteiger partial charge in [-0.3, -0.25) is 9.59 Å². The molecule has 2 aromatic rings. The average Bonchev–Trinajstić information content (AvgIpc) is 2.66. The van der Waals surface area contributed by atoms with Gasteiger partial charge >= 0.3 is 0 Å². The van der Waals surface area contributed by atoms with Crippen LogP contribution in [0.1, 0.15) is 24.5 Å². The molecule has 0 spiro atoms. The van der Waals surface area contributed by atoms with E-state index in [9.17, 15) is 14.0 Å². The van der Waals surface area contributed by atoms with E-state index >= 15 is 0 Å². The Morgan fingerprint density at radius 3 is 2.48 bits per heavy atom. The summed E-state index contributed by atoms with van der Waals surface area (Å²) in [7, 11) is 1.62. The van der Waals surface area contributed by atoms with Crippen LogP contribution in [0.2, 0.25) is 0 Å². The van der Waals surface area contributed by atoms with Crippen LogP contribution < -0.4 is 10.1 Å². The molecule has 0 aromatic heterocycles. The van der Waals surface area contributed by atoms with E-state index in [4.69, 9.17) is 4.74 Å². The van der Waals surface area contributed by atoms with Crippen LogP contribution >= 0.6 is 0 Å². The summed E-state index contributed by atoms with van der Waals surface area (Å²) in [5.74, 6) is 0.243. The lowest BCUT2D eigenvalue weighted by molar-refractivity contribution is -0.130. The third-order valence-corrected chi connectivity index (χ3v) is 4.25. The Morgan fingerprint density at radius 2 is 1.81 bits per heavy atom. The largest absolute Gasteiger partial charge is 0.496 e. The highest BCUT2D eigenvalue weighted by molar-refractivity contribution is 5.78. The fraction of sp³-hybridized carbons (Fsp3) is 0.333. The number of hydrogen-bond donors (Lipinski definition) is 1. The van der Waals surface area contributed by atoms with Crippen molar-refractivity contribution in [2.45, 2.75) is 26.3 Å². The van der Waals surface area contributed by atoms with Crippen LogP contribution in [0.4, 0.5) is 4.39 Å². The molecule has 0 unspecified atom stereocenters. The number of benzene rings is 2. The second-order valence-corrected chi connectivity index (χ2v) is 6.23. The summed E-state index contributed by atoms with van der Waals surface area (Å²) in [5.41, 5.74) is 1.85. The van der Waals surface area contributed by atoms with Crippen LogP contribution in [0.5, 0.6) is 5.75 Å². The number of carbonyl (C=O) groups excluding carboxylic acids is 2. The Labute approximate surface area is 159 Å². The summed E-state index contributed by atoms with van der Waals surface area (Å²) >= 11 is 0. The van der Waals surface area contributed by atoms with E-state index in [2.05, 4.69) is 5.32 Å². The fourth-order valence-corrected chi connectivity index (χ4v) is 2.73. The zero-order valence-electron chi connectivity index (χ0n) is 15.7. The van der Waals surface area contributed by atoms with Gasteiger partial charge in [0.1, 0.15) is 11.6 Å². The number of halogens is 1. The van der Waals surface area contributed by atoms with Gasteiger partial charge in [-0.15, -0.1) is 0 Å². The molecule has 0 bridgehead atoms. The minimum Gasteiger partial charge on any atom is -0.496 e. The quantitative estimate of drug-likeness (QED) is 0.736. The van der Waals surface area contributed by atoms with Gasteiger partial charge in [-0.2, -0.15) is 0 Å². The van der Waals surface area contributed by atoms with Crippen molar-refractivity contribution in [1.82, 2.24) is 10.2 Å². The van der Waals surface area contributed by atoms with Crippen molar-refractivity contribution < 1.29 is 18.7 Å². The molecule has 2 aromatic carbocycles. The van der Waals surface area contributed by atoms with E-state index in [1.807, 2.05) is 24.3 Å². The first-order chi connectivity index (χ1) is 13.0. The van der Waals surface area contributed by atoms with Crippen molar-refractivity contribution in [3.8, 4) is 5.75 Å². The lowest BCUT2D eigenvalue weighted by Crippen LogP contribution is -2.34. The van der Waals surface area contributed by atoms with Crippen LogP contribution in [0, 0.1) is 5.82 Å². The van der Waals surface area contributed by atoms with Gasteiger partial charge in [-0.05, 0) is 35.7 Å². The van der Waals surface area contributed by atoms with Gasteiger partial charge in [0.2, 0.25) is 11.8 Å². The number of amides is 2. The van der Waals surface area contributed by atoms with Gasteiger partial charge in [0.25, 0.3) is 0 Å². The maximum Gasteiger partial charge on any atom is 0.221 e. The number of nitrogens with zero attached hydrogens (tertiary/aromatic N) is 1. The third-order valence-electron chi connectivity index (χ3n) is 4.25. The van der Waals surface area contributed by atoms with Gasteiger partial charge in [0, 0.05) is 33.0 Å². The maximum absolute atomic E-state index is 13.0. The van der Waals surface area contributed by atoms with E-state index < -0.39 is 0 Å². The number of nitrogens with one attached hydrogen (secondary N) is 1. The Hall–Kier alpha value is -2.89. The summed E-state index contributed by atoms with van der Waals surface area (Å²) < 4.78 is 18.3. The van der Waals surface area contributed by atoms with Crippen molar-refractivity contribution in [1.29, 1.82) is 0 Å². The zero-order valence-corrected chi connectivity index (χ0v) is 15.7. The highest BCUT2D eigenvalue weighted by atomic mass is 19.1. The van der Waals surface area contributed by atoms with Gasteiger partial charge in [0.15, 0.2) is 0 Å². The molecule has 1 N–H and O–H groups in total. The molecule has 2 rings (SSSR count). The predicted octanol–water partition coefficient (Wildman–Crippen LogP) is 2.93. The molecule has 5 nitrogen and oxygen atoms in total. The van der Waals surface area contributed by atoms with E-state index in [0.29, 0.717) is 26.1 Å². The SMILES string of the molecule is COc1ccccc1CCNC(=O)CCN(Cc1ccc(F)cc1)C(C)=O. The molecular weight excluding hydrogens is 347 g/mol. The first kappa shape index (κ1) is 20.4. The Morgan fingerprint density at radius 1 is 1.11 bits per heavy atom. The maximum atomic E-state index is 13.0. The number of methoxy groups -OCH3 is 1. The van der Waals surface area contributed by atoms with Crippen LogP contribution in [0.15, 0.2) is 48.5 Å². The van der Waals surface area contributed by atoms with Crippen molar-refractivity contribution in [3.05, 3.63) is 65.5 Å². The Balaban J connectivity index is 1.78. The van der Waals surface area contributed by atoms with Gasteiger partial charge < -0.3 is 15.0 Å². The fourth-order valence-electron chi connectivity index (χ4n) is 2.73. The van der Waals surface area contributed by atoms with Crippen LogP contribution in [0.25, 0.3) is 0 Å². The molecule has 0 aliphatic heterocycles. The summed E-state index contributed by atoms with van der Waals surface area (Å²) in [6.07, 6.45) is 0.883. The van der Waals surface area contributed by atoms with Crippen molar-refractivity contribution in [3.63, 3.8) is 0 Å². The Kier molecular flexibility index (Phi) is 7.79. The van der Waals surface area contributed by atoms with E-state index in [1.165, 1.54) is 19.1 Å². The molecule has 0 aliphatic carbocycles. The molecule has 6 heteroatoms. The van der Waals surface area contributed by atoms with Gasteiger partial charge in [-0.25, -0.2) is 4.39 Å². The van der Waals surface area contributed by atoms with Crippen molar-refractivity contribution >= 4 is 11.8 Å². The lowest BCUT2D eigenvalue weighted by Gasteiger charge is -2.21. The monoisotopic (exact) mass is 372 g/mol. The van der Waals surface area contributed by atoms with Gasteiger partial charge in [0.05, 0.1) is 7.11 Å². The summed E-state index contributed by atoms with van der Waals surface area (Å²) in [6.45, 7) is 2.62. The molecule has 2 amide bonds. The van der Waals surface area contributed by atoms with Crippen LogP contribution in [0.3, 0.4) is 0 Å². The smallest absolute Gasteiger partial charge is 0.221 e. The first-order valence-corrected chi connectivity index (χ1v) is 8.88. The molecule has 0 saturated carbocycles. The summed E-state index contributed by atoms with van der Waals surface area (Å²) in [4.78, 5) is 25.5. The number of carbonyl (C=O) groups is 2. The minimum absolute atomic E-state index is 0.116. The first-order valence-electron chi connectivity index (χ1n) is 8.88. The minimum atomic E-state index is -0.317. The molecule has 144 valence electrons. The van der Waals surface area contributed by atoms with Gasteiger partial charge in [-0.1, -0.05) is 30.3 Å². The molecule has 0 heterocycles. The second-order valence-electron chi connectivity index (χ2n) is 6.23. The highest BCUT2D eigenvalue weighted by Crippen LogP contribution is 2.17. The van der Waals surface area contributed by atoms with E-state index in [1.54, 1.807) is 24.1 Å². The normalized spacial score (nSPS) is 10.3. The molecule has 0 saturated heterocycles. The predicted molar refractivity (Wildman–Crippen MR) is 102 cm³/mol. The molecule has 0 fully saturated rings. The number of para-hydroxylation sites is 1. The number of rotatable bonds is 9. The molecular formula is C21H25FN2O3. The second kappa shape index (κ2) is 10.3. The topological polar surface area (TPSA) is 58.6 Å². The van der Waals surface area contributed by atoms with Crippen LogP contribution in [-0.2, 0) is 22.6 Å². The number of hydrogen-bond acceptors (Lipinski definition) is 3. The molecule has 27 heavy (non-hydrogen) atoms. The summed E-state index contributed by atoms with van der Waals surface area (Å²) in [5, 5.41) is 2.87. The molecule has 0 aliphatic rings. The third kappa shape index (κ3) is 6.73. The van der Waals surface area contributed by atoms with Crippen molar-refractivity contribution in [2.24, 2.45) is 0 Å². The van der Waals surface area contributed by atoms with Crippen LogP contribution in [-0.4, -0.2) is 36.9 Å².